The zero-order chi connectivity index (χ0) is 22.9. The topological polar surface area (TPSA) is 98.3 Å². The van der Waals surface area contributed by atoms with Crippen LogP contribution in [0.1, 0.15) is 30.1 Å². The molecule has 0 spiro atoms. The summed E-state index contributed by atoms with van der Waals surface area (Å²) in [6, 6.07) is 0.291. The summed E-state index contributed by atoms with van der Waals surface area (Å²) in [4.78, 5) is 37.5. The second-order valence-corrected chi connectivity index (χ2v) is 7.73. The monoisotopic (exact) mass is 455 g/mol. The number of nitrogens with zero attached hydrogens (tertiary/aromatic N) is 6. The van der Waals surface area contributed by atoms with E-state index in [0.29, 0.717) is 51.5 Å². The van der Waals surface area contributed by atoms with Crippen molar-refractivity contribution in [3.8, 4) is 0 Å². The van der Waals surface area contributed by atoms with Crippen molar-refractivity contribution in [2.75, 3.05) is 44.2 Å². The van der Waals surface area contributed by atoms with Gasteiger partial charge in [0.05, 0.1) is 30.7 Å². The normalized spacial score (nSPS) is 20.1. The minimum absolute atomic E-state index is 0.0415. The van der Waals surface area contributed by atoms with Crippen molar-refractivity contribution in [1.29, 1.82) is 0 Å². The molecule has 9 nitrogen and oxygen atoms in total. The number of rotatable bonds is 4. The summed E-state index contributed by atoms with van der Waals surface area (Å²) in [5.41, 5.74) is -2.48. The summed E-state index contributed by atoms with van der Waals surface area (Å²) >= 11 is 0. The minimum Gasteiger partial charge on any atom is -0.338 e. The molecule has 2 saturated heterocycles. The fraction of sp³-hybridized carbons (Fsp3) is 0.526. The Morgan fingerprint density at radius 3 is 2.47 bits per heavy atom. The molecule has 2 fully saturated rings. The van der Waals surface area contributed by atoms with Crippen molar-refractivity contribution in [1.82, 2.24) is 30.0 Å². The first-order chi connectivity index (χ1) is 15.2. The van der Waals surface area contributed by atoms with E-state index in [9.17, 15) is 27.2 Å². The van der Waals surface area contributed by atoms with Gasteiger partial charge in [0, 0.05) is 26.2 Å². The number of piperazine rings is 1. The molecule has 4 heterocycles. The molecule has 32 heavy (non-hydrogen) atoms. The number of aromatic amines is 1. The number of aromatic nitrogens is 4. The quantitative estimate of drug-likeness (QED) is 0.692. The molecule has 0 aliphatic carbocycles. The molecule has 1 amide bonds. The second-order valence-electron chi connectivity index (χ2n) is 7.73. The molecule has 1 atom stereocenters. The number of carbonyl (C=O) groups is 1. The fourth-order valence-electron chi connectivity index (χ4n) is 4.05. The molecular formula is C19H21F4N7O2. The first-order valence-corrected chi connectivity index (χ1v) is 10.1. The summed E-state index contributed by atoms with van der Waals surface area (Å²) in [5.74, 6) is -0.276. The number of alkyl halides is 3. The standard InChI is InChI=1S/C19H21F4N7O2/c20-12-9-24-18(25-10-12)29-6-4-28(5-7-29)16(31)11-30-3-1-2-15(30)14-8-13(19(21,22)23)17(32)27-26-14/h8-10,15H,1-7,11H2,(H,27,32). The van der Waals surface area contributed by atoms with Crippen molar-refractivity contribution >= 4 is 11.9 Å². The van der Waals surface area contributed by atoms with E-state index in [4.69, 9.17) is 0 Å². The molecule has 4 rings (SSSR count). The lowest BCUT2D eigenvalue weighted by Crippen LogP contribution is -2.51. The van der Waals surface area contributed by atoms with E-state index in [1.165, 1.54) is 0 Å². The molecule has 2 aromatic heterocycles. The highest BCUT2D eigenvalue weighted by molar-refractivity contribution is 5.78. The molecule has 0 bridgehead atoms. The largest absolute Gasteiger partial charge is 0.421 e. The molecule has 2 aliphatic heterocycles. The van der Waals surface area contributed by atoms with Crippen molar-refractivity contribution in [2.45, 2.75) is 25.1 Å². The Bertz CT molecular complexity index is 1020. The molecule has 1 unspecified atom stereocenters. The Balaban J connectivity index is 1.38. The number of nitrogens with one attached hydrogen (secondary N) is 1. The van der Waals surface area contributed by atoms with Gasteiger partial charge in [-0.3, -0.25) is 14.5 Å². The maximum absolute atomic E-state index is 13.1. The van der Waals surface area contributed by atoms with Crippen molar-refractivity contribution in [3.05, 3.63) is 45.9 Å². The van der Waals surface area contributed by atoms with Gasteiger partial charge in [-0.05, 0) is 25.5 Å². The number of anilines is 1. The van der Waals surface area contributed by atoms with Gasteiger partial charge in [0.1, 0.15) is 5.56 Å². The highest BCUT2D eigenvalue weighted by atomic mass is 19.4. The number of amides is 1. The Labute approximate surface area is 180 Å². The maximum Gasteiger partial charge on any atom is 0.421 e. The van der Waals surface area contributed by atoms with Crippen molar-refractivity contribution in [2.24, 2.45) is 0 Å². The third kappa shape index (κ3) is 4.71. The predicted molar refractivity (Wildman–Crippen MR) is 104 cm³/mol. The van der Waals surface area contributed by atoms with E-state index in [1.807, 2.05) is 10.00 Å². The first kappa shape index (κ1) is 22.1. The van der Waals surface area contributed by atoms with Crippen LogP contribution in [0.3, 0.4) is 0 Å². The average Bonchev–Trinajstić information content (AvgIpc) is 3.22. The van der Waals surface area contributed by atoms with Crippen LogP contribution in [-0.4, -0.2) is 75.1 Å². The van der Waals surface area contributed by atoms with Crippen LogP contribution in [-0.2, 0) is 11.0 Å². The summed E-state index contributed by atoms with van der Waals surface area (Å²) in [6.45, 7) is 2.40. The molecule has 2 aliphatic rings. The zero-order valence-electron chi connectivity index (χ0n) is 17.0. The van der Waals surface area contributed by atoms with Crippen LogP contribution >= 0.6 is 0 Å². The van der Waals surface area contributed by atoms with Crippen LogP contribution in [0.2, 0.25) is 0 Å². The highest BCUT2D eigenvalue weighted by Crippen LogP contribution is 2.33. The number of hydrogen-bond acceptors (Lipinski definition) is 7. The van der Waals surface area contributed by atoms with Crippen LogP contribution < -0.4 is 10.5 Å². The molecule has 0 saturated carbocycles. The molecule has 1 N–H and O–H groups in total. The number of likely N-dealkylation sites (tertiary alicyclic amines) is 1. The van der Waals surface area contributed by atoms with E-state index in [0.717, 1.165) is 18.5 Å². The number of hydrogen-bond donors (Lipinski definition) is 1. The zero-order valence-corrected chi connectivity index (χ0v) is 17.0. The maximum atomic E-state index is 13.1. The molecule has 13 heteroatoms. The molecule has 0 radical (unpaired) electrons. The second kappa shape index (κ2) is 8.81. The van der Waals surface area contributed by atoms with Crippen LogP contribution in [0.4, 0.5) is 23.5 Å². The lowest BCUT2D eigenvalue weighted by Gasteiger charge is -2.36. The van der Waals surface area contributed by atoms with Crippen molar-refractivity contribution < 1.29 is 22.4 Å². The third-order valence-electron chi connectivity index (χ3n) is 5.69. The van der Waals surface area contributed by atoms with Gasteiger partial charge in [-0.15, -0.1) is 0 Å². The lowest BCUT2D eigenvalue weighted by atomic mass is 10.1. The van der Waals surface area contributed by atoms with Gasteiger partial charge in [-0.2, -0.15) is 18.3 Å². The van der Waals surface area contributed by atoms with Crippen LogP contribution in [0.5, 0.6) is 0 Å². The van der Waals surface area contributed by atoms with Crippen LogP contribution in [0.15, 0.2) is 23.3 Å². The Morgan fingerprint density at radius 2 is 1.81 bits per heavy atom. The Morgan fingerprint density at radius 1 is 1.12 bits per heavy atom. The highest BCUT2D eigenvalue weighted by Gasteiger charge is 2.37. The average molecular weight is 455 g/mol. The van der Waals surface area contributed by atoms with Gasteiger partial charge in [-0.1, -0.05) is 0 Å². The van der Waals surface area contributed by atoms with Gasteiger partial charge in [0.15, 0.2) is 5.82 Å². The van der Waals surface area contributed by atoms with Gasteiger partial charge in [0.25, 0.3) is 5.56 Å². The van der Waals surface area contributed by atoms with Gasteiger partial charge in [-0.25, -0.2) is 19.5 Å². The van der Waals surface area contributed by atoms with Gasteiger partial charge < -0.3 is 9.80 Å². The molecule has 2 aromatic rings. The summed E-state index contributed by atoms with van der Waals surface area (Å²) in [6.07, 6.45) is -1.36. The SMILES string of the molecule is O=C(CN1CCCC1c1cc(C(F)(F)F)c(=O)[nH]n1)N1CCN(c2ncc(F)cn2)CC1. The van der Waals surface area contributed by atoms with Crippen molar-refractivity contribution in [3.63, 3.8) is 0 Å². The van der Waals surface area contributed by atoms with E-state index in [1.54, 1.807) is 9.80 Å². The summed E-state index contributed by atoms with van der Waals surface area (Å²) in [7, 11) is 0. The molecule has 172 valence electrons. The number of carbonyl (C=O) groups excluding carboxylic acids is 1. The van der Waals surface area contributed by atoms with E-state index in [2.05, 4.69) is 15.1 Å². The molecule has 0 aromatic carbocycles. The van der Waals surface area contributed by atoms with E-state index in [-0.39, 0.29) is 18.1 Å². The lowest BCUT2D eigenvalue weighted by molar-refractivity contribution is -0.139. The molecular weight excluding hydrogens is 434 g/mol. The minimum atomic E-state index is -4.78. The van der Waals surface area contributed by atoms with Crippen LogP contribution in [0, 0.1) is 5.82 Å². The number of halogens is 4. The van der Waals surface area contributed by atoms with Gasteiger partial charge in [0.2, 0.25) is 11.9 Å². The Kier molecular flexibility index (Phi) is 6.09. The smallest absolute Gasteiger partial charge is 0.338 e. The number of H-pyrrole nitrogens is 1. The summed E-state index contributed by atoms with van der Waals surface area (Å²) in [5, 5.41) is 5.73. The van der Waals surface area contributed by atoms with E-state index < -0.39 is 29.2 Å². The third-order valence-corrected chi connectivity index (χ3v) is 5.69. The van der Waals surface area contributed by atoms with Gasteiger partial charge >= 0.3 is 6.18 Å². The van der Waals surface area contributed by atoms with E-state index >= 15 is 0 Å². The Hall–Kier alpha value is -3.09. The van der Waals surface area contributed by atoms with Crippen LogP contribution in [0.25, 0.3) is 0 Å². The first-order valence-electron chi connectivity index (χ1n) is 10.1. The summed E-state index contributed by atoms with van der Waals surface area (Å²) < 4.78 is 52.2. The predicted octanol–water partition coefficient (Wildman–Crippen LogP) is 1.20. The fourth-order valence-corrected chi connectivity index (χ4v) is 4.05.